The lowest BCUT2D eigenvalue weighted by Gasteiger charge is -2.12. The minimum atomic E-state index is 0.463. The molecule has 0 saturated heterocycles. The van der Waals surface area contributed by atoms with Crippen molar-refractivity contribution in [1.82, 2.24) is 9.66 Å². The Hall–Kier alpha value is -2.82. The van der Waals surface area contributed by atoms with E-state index in [1.165, 1.54) is 0 Å². The lowest BCUT2D eigenvalue weighted by Crippen LogP contribution is -2.05. The monoisotopic (exact) mass is 323 g/mol. The highest BCUT2D eigenvalue weighted by atomic mass is 16.5. The summed E-state index contributed by atoms with van der Waals surface area (Å²) in [6.45, 7) is 4.89. The van der Waals surface area contributed by atoms with Gasteiger partial charge < -0.3 is 9.47 Å². The Kier molecular flexibility index (Phi) is 4.79. The Morgan fingerprint density at radius 3 is 2.79 bits per heavy atom. The largest absolute Gasteiger partial charge is 0.493 e. The molecule has 0 atom stereocenters. The fraction of sp³-hybridized carbons (Fsp3) is 0.263. The van der Waals surface area contributed by atoms with Crippen molar-refractivity contribution in [2.24, 2.45) is 11.0 Å². The van der Waals surface area contributed by atoms with E-state index in [4.69, 9.17) is 9.47 Å². The number of methoxy groups -OCH3 is 1. The minimum absolute atomic E-state index is 0.463. The molecule has 0 aliphatic heterocycles. The van der Waals surface area contributed by atoms with Crippen molar-refractivity contribution < 1.29 is 9.47 Å². The van der Waals surface area contributed by atoms with Gasteiger partial charge in [0.05, 0.1) is 31.0 Å². The van der Waals surface area contributed by atoms with E-state index in [2.05, 4.69) is 23.9 Å². The summed E-state index contributed by atoms with van der Waals surface area (Å²) < 4.78 is 12.9. The van der Waals surface area contributed by atoms with Gasteiger partial charge in [-0.3, -0.25) is 0 Å². The third-order valence-corrected chi connectivity index (χ3v) is 3.53. The summed E-state index contributed by atoms with van der Waals surface area (Å²) in [5.41, 5.74) is 2.82. The summed E-state index contributed by atoms with van der Waals surface area (Å²) in [7, 11) is 1.64. The zero-order valence-corrected chi connectivity index (χ0v) is 14.1. The SMILES string of the molecule is COc1cc(/C=N\n2cnc3ccccc32)ccc1OCC(C)C. The number of nitrogens with zero attached hydrogens (tertiary/aromatic N) is 3. The molecular weight excluding hydrogens is 302 g/mol. The van der Waals surface area contributed by atoms with Crippen molar-refractivity contribution in [3.8, 4) is 11.5 Å². The van der Waals surface area contributed by atoms with Gasteiger partial charge in [-0.25, -0.2) is 9.66 Å². The van der Waals surface area contributed by atoms with Crippen LogP contribution in [0.4, 0.5) is 0 Å². The predicted molar refractivity (Wildman–Crippen MR) is 96.1 cm³/mol. The number of rotatable bonds is 6. The molecule has 0 unspecified atom stereocenters. The topological polar surface area (TPSA) is 48.6 Å². The smallest absolute Gasteiger partial charge is 0.161 e. The van der Waals surface area contributed by atoms with Gasteiger partial charge in [-0.1, -0.05) is 26.0 Å². The molecule has 5 nitrogen and oxygen atoms in total. The van der Waals surface area contributed by atoms with Crippen LogP contribution in [0.2, 0.25) is 0 Å². The summed E-state index contributed by atoms with van der Waals surface area (Å²) in [6, 6.07) is 13.7. The molecular formula is C19H21N3O2. The molecule has 0 fully saturated rings. The molecule has 0 bridgehead atoms. The Morgan fingerprint density at radius 1 is 1.17 bits per heavy atom. The first-order chi connectivity index (χ1) is 11.7. The van der Waals surface area contributed by atoms with Crippen LogP contribution in [0.1, 0.15) is 19.4 Å². The molecule has 0 amide bonds. The van der Waals surface area contributed by atoms with E-state index in [0.717, 1.165) is 22.3 Å². The van der Waals surface area contributed by atoms with E-state index in [0.29, 0.717) is 18.3 Å². The molecule has 0 saturated carbocycles. The zero-order valence-electron chi connectivity index (χ0n) is 14.1. The maximum atomic E-state index is 5.77. The van der Waals surface area contributed by atoms with Gasteiger partial charge in [0.2, 0.25) is 0 Å². The maximum Gasteiger partial charge on any atom is 0.161 e. The zero-order chi connectivity index (χ0) is 16.9. The molecule has 1 heterocycles. The third kappa shape index (κ3) is 3.56. The van der Waals surface area contributed by atoms with Gasteiger partial charge in [0.25, 0.3) is 0 Å². The van der Waals surface area contributed by atoms with Gasteiger partial charge in [-0.2, -0.15) is 5.10 Å². The van der Waals surface area contributed by atoms with Crippen LogP contribution in [0.15, 0.2) is 53.9 Å². The van der Waals surface area contributed by atoms with Gasteiger partial charge in [0, 0.05) is 0 Å². The molecule has 0 spiro atoms. The number of aromatic nitrogens is 2. The van der Waals surface area contributed by atoms with Crippen molar-refractivity contribution in [2.75, 3.05) is 13.7 Å². The lowest BCUT2D eigenvalue weighted by molar-refractivity contribution is 0.257. The second-order valence-electron chi connectivity index (χ2n) is 5.94. The number of para-hydroxylation sites is 2. The van der Waals surface area contributed by atoms with Crippen molar-refractivity contribution >= 4 is 17.2 Å². The molecule has 0 radical (unpaired) electrons. The van der Waals surface area contributed by atoms with Gasteiger partial charge in [-0.05, 0) is 41.8 Å². The van der Waals surface area contributed by atoms with Gasteiger partial charge in [-0.15, -0.1) is 0 Å². The van der Waals surface area contributed by atoms with E-state index in [-0.39, 0.29) is 0 Å². The highest BCUT2D eigenvalue weighted by Crippen LogP contribution is 2.28. The van der Waals surface area contributed by atoms with E-state index in [1.807, 2.05) is 42.5 Å². The van der Waals surface area contributed by atoms with E-state index < -0.39 is 0 Å². The first-order valence-corrected chi connectivity index (χ1v) is 7.94. The van der Waals surface area contributed by atoms with Crippen LogP contribution in [0.5, 0.6) is 11.5 Å². The van der Waals surface area contributed by atoms with Crippen molar-refractivity contribution in [1.29, 1.82) is 0 Å². The quantitative estimate of drug-likeness (QED) is 0.645. The number of benzene rings is 2. The molecule has 3 aromatic rings. The minimum Gasteiger partial charge on any atom is -0.493 e. The number of hydrogen-bond acceptors (Lipinski definition) is 4. The molecule has 0 aliphatic rings. The van der Waals surface area contributed by atoms with Crippen LogP contribution in [0.25, 0.3) is 11.0 Å². The molecule has 24 heavy (non-hydrogen) atoms. The second-order valence-corrected chi connectivity index (χ2v) is 5.94. The van der Waals surface area contributed by atoms with Crippen LogP contribution >= 0.6 is 0 Å². The Balaban J connectivity index is 1.82. The summed E-state index contributed by atoms with van der Waals surface area (Å²) >= 11 is 0. The van der Waals surface area contributed by atoms with E-state index in [1.54, 1.807) is 24.3 Å². The highest BCUT2D eigenvalue weighted by molar-refractivity contribution is 5.82. The molecule has 2 aromatic carbocycles. The number of hydrogen-bond donors (Lipinski definition) is 0. The van der Waals surface area contributed by atoms with Crippen molar-refractivity contribution in [3.05, 3.63) is 54.4 Å². The average molecular weight is 323 g/mol. The van der Waals surface area contributed by atoms with Gasteiger partial charge in [0.1, 0.15) is 6.33 Å². The van der Waals surface area contributed by atoms with E-state index >= 15 is 0 Å². The number of imidazole rings is 1. The first kappa shape index (κ1) is 16.1. The van der Waals surface area contributed by atoms with Crippen LogP contribution in [0.3, 0.4) is 0 Å². The summed E-state index contributed by atoms with van der Waals surface area (Å²) in [5.74, 6) is 1.91. The Labute approximate surface area is 141 Å². The normalized spacial score (nSPS) is 11.5. The first-order valence-electron chi connectivity index (χ1n) is 7.94. The Morgan fingerprint density at radius 2 is 2.00 bits per heavy atom. The number of ether oxygens (including phenoxy) is 2. The molecule has 5 heteroatoms. The fourth-order valence-corrected chi connectivity index (χ4v) is 2.31. The van der Waals surface area contributed by atoms with Crippen LogP contribution in [-0.4, -0.2) is 29.6 Å². The molecule has 3 rings (SSSR count). The molecule has 124 valence electrons. The third-order valence-electron chi connectivity index (χ3n) is 3.53. The Bertz CT molecular complexity index is 853. The summed E-state index contributed by atoms with van der Waals surface area (Å²) in [6.07, 6.45) is 3.49. The highest BCUT2D eigenvalue weighted by Gasteiger charge is 2.06. The lowest BCUT2D eigenvalue weighted by atomic mass is 10.2. The molecule has 1 aromatic heterocycles. The predicted octanol–water partition coefficient (Wildman–Crippen LogP) is 3.96. The molecule has 0 N–H and O–H groups in total. The number of fused-ring (bicyclic) bond motifs is 1. The van der Waals surface area contributed by atoms with Crippen LogP contribution in [-0.2, 0) is 0 Å². The van der Waals surface area contributed by atoms with Gasteiger partial charge in [0.15, 0.2) is 11.5 Å². The van der Waals surface area contributed by atoms with Crippen molar-refractivity contribution in [2.45, 2.75) is 13.8 Å². The summed E-state index contributed by atoms with van der Waals surface area (Å²) in [5, 5.41) is 4.48. The maximum absolute atomic E-state index is 5.77. The van der Waals surface area contributed by atoms with Gasteiger partial charge >= 0.3 is 0 Å². The molecule has 0 aliphatic carbocycles. The summed E-state index contributed by atoms with van der Waals surface area (Å²) in [4.78, 5) is 4.32. The average Bonchev–Trinajstić information content (AvgIpc) is 3.01. The van der Waals surface area contributed by atoms with Crippen LogP contribution < -0.4 is 9.47 Å². The fourth-order valence-electron chi connectivity index (χ4n) is 2.31. The second kappa shape index (κ2) is 7.17. The van der Waals surface area contributed by atoms with Crippen molar-refractivity contribution in [3.63, 3.8) is 0 Å². The van der Waals surface area contributed by atoms with Crippen LogP contribution in [0, 0.1) is 5.92 Å². The standard InChI is InChI=1S/C19H21N3O2/c1-14(2)12-24-18-9-8-15(10-19(18)23-3)11-21-22-13-20-16-6-4-5-7-17(16)22/h4-11,13-14H,12H2,1-3H3/b21-11-. The van der Waals surface area contributed by atoms with E-state index in [9.17, 15) is 0 Å².